The maximum absolute atomic E-state index is 12.1. The number of nitrogens with one attached hydrogen (secondary N) is 1. The molecule has 0 aliphatic heterocycles. The maximum Gasteiger partial charge on any atom is 0.310 e. The van der Waals surface area contributed by atoms with E-state index in [0.717, 1.165) is 16.3 Å². The third-order valence-corrected chi connectivity index (χ3v) is 4.24. The van der Waals surface area contributed by atoms with Crippen LogP contribution in [0.1, 0.15) is 11.1 Å². The van der Waals surface area contributed by atoms with Crippen LogP contribution in [0.3, 0.4) is 0 Å². The first-order valence-corrected chi connectivity index (χ1v) is 8.61. The molecule has 1 amide bonds. The summed E-state index contributed by atoms with van der Waals surface area (Å²) in [6.07, 6.45) is 0.0304. The lowest BCUT2D eigenvalue weighted by Crippen LogP contribution is -2.22. The molecule has 0 radical (unpaired) electrons. The lowest BCUT2D eigenvalue weighted by atomic mass is 10.1. The van der Waals surface area contributed by atoms with Crippen molar-refractivity contribution in [3.63, 3.8) is 0 Å². The minimum absolute atomic E-state index is 0.0304. The fourth-order valence-corrected chi connectivity index (χ4v) is 2.86. The van der Waals surface area contributed by atoms with Crippen LogP contribution in [-0.4, -0.2) is 23.4 Å². The number of fused-ring (bicyclic) bond motifs is 1. The Hall–Kier alpha value is -3.74. The molecule has 0 atom stereocenters. The number of hydrogen-bond donors (Lipinski definition) is 1. The van der Waals surface area contributed by atoms with Crippen LogP contribution < -0.4 is 5.32 Å². The zero-order valence-corrected chi connectivity index (χ0v) is 15.2. The smallest absolute Gasteiger partial charge is 0.310 e. The van der Waals surface area contributed by atoms with Gasteiger partial charge in [0, 0.05) is 6.07 Å². The molecular weight excluding hydrogens is 360 g/mol. The SMILES string of the molecule is Cc1cccc([N+](=O)[O-])c1NC(=O)COC(=O)Cc1ccc2ccccc2c1. The summed E-state index contributed by atoms with van der Waals surface area (Å²) < 4.78 is 5.01. The highest BCUT2D eigenvalue weighted by molar-refractivity contribution is 5.95. The summed E-state index contributed by atoms with van der Waals surface area (Å²) in [5.41, 5.74) is 1.21. The van der Waals surface area contributed by atoms with E-state index in [0.29, 0.717) is 5.56 Å². The summed E-state index contributed by atoms with van der Waals surface area (Å²) in [4.78, 5) is 34.6. The minimum Gasteiger partial charge on any atom is -0.455 e. The fraction of sp³-hybridized carbons (Fsp3) is 0.143. The Morgan fingerprint density at radius 2 is 1.79 bits per heavy atom. The standard InChI is InChI=1S/C21H18N2O5/c1-14-5-4-8-18(23(26)27)21(14)22-19(24)13-28-20(25)12-15-9-10-16-6-2-3-7-17(16)11-15/h2-11H,12-13H2,1H3,(H,22,24). The highest BCUT2D eigenvalue weighted by Gasteiger charge is 2.18. The molecule has 0 saturated carbocycles. The van der Waals surface area contributed by atoms with E-state index in [4.69, 9.17) is 4.74 Å². The number of amides is 1. The van der Waals surface area contributed by atoms with Gasteiger partial charge in [0.2, 0.25) is 0 Å². The Morgan fingerprint density at radius 3 is 2.54 bits per heavy atom. The summed E-state index contributed by atoms with van der Waals surface area (Å²) in [7, 11) is 0. The van der Waals surface area contributed by atoms with Gasteiger partial charge in [-0.15, -0.1) is 0 Å². The van der Waals surface area contributed by atoms with Gasteiger partial charge in [0.1, 0.15) is 5.69 Å². The van der Waals surface area contributed by atoms with Crippen LogP contribution in [0.2, 0.25) is 0 Å². The van der Waals surface area contributed by atoms with Gasteiger partial charge in [-0.1, -0.05) is 54.6 Å². The van der Waals surface area contributed by atoms with Crippen molar-refractivity contribution in [3.8, 4) is 0 Å². The van der Waals surface area contributed by atoms with Gasteiger partial charge >= 0.3 is 5.97 Å². The average molecular weight is 378 g/mol. The van der Waals surface area contributed by atoms with Crippen LogP contribution in [0, 0.1) is 17.0 Å². The summed E-state index contributed by atoms with van der Waals surface area (Å²) >= 11 is 0. The zero-order valence-electron chi connectivity index (χ0n) is 15.2. The Labute approximate surface area is 161 Å². The topological polar surface area (TPSA) is 98.5 Å². The molecule has 3 rings (SSSR count). The number of ether oxygens (including phenoxy) is 1. The minimum atomic E-state index is -0.635. The second-order valence-corrected chi connectivity index (χ2v) is 6.29. The first kappa shape index (κ1) is 19.0. The van der Waals surface area contributed by atoms with Crippen molar-refractivity contribution in [2.24, 2.45) is 0 Å². The lowest BCUT2D eigenvalue weighted by Gasteiger charge is -2.09. The number of carbonyl (C=O) groups excluding carboxylic acids is 2. The predicted octanol–water partition coefficient (Wildman–Crippen LogP) is 3.78. The van der Waals surface area contributed by atoms with Gasteiger partial charge in [-0.25, -0.2) is 0 Å². The van der Waals surface area contributed by atoms with E-state index >= 15 is 0 Å². The normalized spacial score (nSPS) is 10.5. The number of esters is 1. The zero-order chi connectivity index (χ0) is 20.1. The van der Waals surface area contributed by atoms with Crippen molar-refractivity contribution < 1.29 is 19.2 Å². The number of rotatable bonds is 6. The molecule has 142 valence electrons. The second kappa shape index (κ2) is 8.30. The Balaban J connectivity index is 1.58. The first-order chi connectivity index (χ1) is 13.4. The molecule has 0 aliphatic rings. The molecule has 7 nitrogen and oxygen atoms in total. The number of carbonyl (C=O) groups is 2. The van der Waals surface area contributed by atoms with Crippen molar-refractivity contribution in [3.05, 3.63) is 81.9 Å². The van der Waals surface area contributed by atoms with E-state index in [1.165, 1.54) is 12.1 Å². The molecule has 1 N–H and O–H groups in total. The van der Waals surface area contributed by atoms with Crippen LogP contribution in [0.15, 0.2) is 60.7 Å². The lowest BCUT2D eigenvalue weighted by molar-refractivity contribution is -0.384. The van der Waals surface area contributed by atoms with Crippen molar-refractivity contribution in [1.82, 2.24) is 0 Å². The van der Waals surface area contributed by atoms with Gasteiger partial charge in [0.15, 0.2) is 6.61 Å². The van der Waals surface area contributed by atoms with Crippen LogP contribution in [0.5, 0.6) is 0 Å². The molecular formula is C21H18N2O5. The van der Waals surface area contributed by atoms with E-state index < -0.39 is 23.4 Å². The molecule has 3 aromatic rings. The van der Waals surface area contributed by atoms with Gasteiger partial charge in [-0.05, 0) is 28.8 Å². The van der Waals surface area contributed by atoms with E-state index in [-0.39, 0.29) is 17.8 Å². The summed E-state index contributed by atoms with van der Waals surface area (Å²) in [5, 5.41) is 15.6. The van der Waals surface area contributed by atoms with E-state index in [9.17, 15) is 19.7 Å². The number of benzene rings is 3. The highest BCUT2D eigenvalue weighted by Crippen LogP contribution is 2.27. The molecule has 0 aliphatic carbocycles. The molecule has 0 fully saturated rings. The molecule has 0 spiro atoms. The van der Waals surface area contributed by atoms with Gasteiger partial charge in [-0.3, -0.25) is 19.7 Å². The van der Waals surface area contributed by atoms with E-state index in [1.807, 2.05) is 42.5 Å². The van der Waals surface area contributed by atoms with Crippen molar-refractivity contribution in [2.45, 2.75) is 13.3 Å². The molecule has 7 heteroatoms. The Morgan fingerprint density at radius 1 is 1.04 bits per heavy atom. The van der Waals surface area contributed by atoms with Crippen LogP contribution in [-0.2, 0) is 20.7 Å². The van der Waals surface area contributed by atoms with Gasteiger partial charge in [0.05, 0.1) is 11.3 Å². The van der Waals surface area contributed by atoms with Crippen molar-refractivity contribution in [1.29, 1.82) is 0 Å². The third kappa shape index (κ3) is 4.50. The third-order valence-electron chi connectivity index (χ3n) is 4.24. The quantitative estimate of drug-likeness (QED) is 0.400. The maximum atomic E-state index is 12.1. The summed E-state index contributed by atoms with van der Waals surface area (Å²) in [6.45, 7) is 1.13. The van der Waals surface area contributed by atoms with Crippen LogP contribution >= 0.6 is 0 Å². The molecule has 3 aromatic carbocycles. The van der Waals surface area contributed by atoms with Crippen molar-refractivity contribution in [2.75, 3.05) is 11.9 Å². The summed E-state index contributed by atoms with van der Waals surface area (Å²) in [6, 6.07) is 17.9. The van der Waals surface area contributed by atoms with Crippen LogP contribution in [0.25, 0.3) is 10.8 Å². The number of nitro groups is 1. The molecule has 0 aromatic heterocycles. The van der Waals surface area contributed by atoms with Gasteiger partial charge < -0.3 is 10.1 Å². The highest BCUT2D eigenvalue weighted by atomic mass is 16.6. The number of nitrogens with zero attached hydrogens (tertiary/aromatic N) is 1. The largest absolute Gasteiger partial charge is 0.455 e. The number of hydrogen-bond acceptors (Lipinski definition) is 5. The monoisotopic (exact) mass is 378 g/mol. The Kier molecular flexibility index (Phi) is 5.64. The van der Waals surface area contributed by atoms with E-state index in [1.54, 1.807) is 13.0 Å². The molecule has 28 heavy (non-hydrogen) atoms. The molecule has 0 saturated heterocycles. The number of anilines is 1. The second-order valence-electron chi connectivity index (χ2n) is 6.29. The molecule has 0 heterocycles. The molecule has 0 unspecified atom stereocenters. The number of para-hydroxylation sites is 1. The fourth-order valence-electron chi connectivity index (χ4n) is 2.86. The number of nitro benzene ring substituents is 1. The van der Waals surface area contributed by atoms with Crippen LogP contribution in [0.4, 0.5) is 11.4 Å². The van der Waals surface area contributed by atoms with Gasteiger partial charge in [0.25, 0.3) is 11.6 Å². The van der Waals surface area contributed by atoms with Crippen molar-refractivity contribution >= 4 is 34.0 Å². The van der Waals surface area contributed by atoms with Gasteiger partial charge in [-0.2, -0.15) is 0 Å². The average Bonchev–Trinajstić information content (AvgIpc) is 2.67. The first-order valence-electron chi connectivity index (χ1n) is 8.61. The predicted molar refractivity (Wildman–Crippen MR) is 105 cm³/mol. The molecule has 0 bridgehead atoms. The Bertz CT molecular complexity index is 1060. The van der Waals surface area contributed by atoms with E-state index in [2.05, 4.69) is 5.32 Å². The summed E-state index contributed by atoms with van der Waals surface area (Å²) in [5.74, 6) is -1.19. The number of aryl methyl sites for hydroxylation is 1.